The van der Waals surface area contributed by atoms with E-state index in [-0.39, 0.29) is 0 Å². The van der Waals surface area contributed by atoms with Gasteiger partial charge in [0.25, 0.3) is 0 Å². The topological polar surface area (TPSA) is 117 Å². The number of carboxylic acid groups (broad SMARTS) is 1. The van der Waals surface area contributed by atoms with Crippen molar-refractivity contribution in [1.29, 1.82) is 0 Å². The van der Waals surface area contributed by atoms with Crippen LogP contribution in [-0.2, 0) is 4.79 Å². The Bertz CT molecular complexity index is 298. The molecule has 0 bridgehead atoms. The summed E-state index contributed by atoms with van der Waals surface area (Å²) in [5.74, 6) is -1.34. The van der Waals surface area contributed by atoms with Gasteiger partial charge in [0.15, 0.2) is 0 Å². The van der Waals surface area contributed by atoms with Gasteiger partial charge in [-0.25, -0.2) is 0 Å². The lowest BCUT2D eigenvalue weighted by molar-refractivity contribution is -0.425. The molecule has 0 heterocycles. The van der Waals surface area contributed by atoms with Crippen LogP contribution in [0.4, 0.5) is 0 Å². The Kier molecular flexibility index (Phi) is 7.39. The monoisotopic (exact) mass is 256 g/mol. The van der Waals surface area contributed by atoms with Crippen LogP contribution < -0.4 is 10.8 Å². The van der Waals surface area contributed by atoms with Gasteiger partial charge in [-0.1, -0.05) is 32.3 Å². The van der Waals surface area contributed by atoms with Crippen molar-refractivity contribution in [2.24, 2.45) is 10.5 Å². The highest BCUT2D eigenvalue weighted by Gasteiger charge is 2.24. The molecule has 6 heteroatoms. The highest BCUT2D eigenvalue weighted by molar-refractivity contribution is 5.72. The second-order valence-corrected chi connectivity index (χ2v) is 5.80. The van der Waals surface area contributed by atoms with Crippen LogP contribution in [0.2, 0.25) is 0 Å². The van der Waals surface area contributed by atoms with E-state index in [1.54, 1.807) is 20.8 Å². The van der Waals surface area contributed by atoms with Gasteiger partial charge in [-0.15, -0.1) is 0 Å². The Morgan fingerprint density at radius 1 is 1.39 bits per heavy atom. The van der Waals surface area contributed by atoms with Crippen molar-refractivity contribution in [3.63, 3.8) is 0 Å². The number of rotatable bonds is 2. The number of aliphatic carboxylic acids is 1. The zero-order valence-electron chi connectivity index (χ0n) is 11.6. The fourth-order valence-electron chi connectivity index (χ4n) is 1.81. The standard InChI is InChI=1S/C6H11N3O2.C6H13N/c1-6(2,3)4(5(10)11)8-9-7;7-6-4-2-1-3-5-6/h4H,1-3H3,(H,10,11);6H,1-5,7H2/t4-;/m1./s1. The van der Waals surface area contributed by atoms with Gasteiger partial charge in [0.05, 0.1) is 18.1 Å². The van der Waals surface area contributed by atoms with Gasteiger partial charge in [-0.05, 0) is 36.6 Å². The maximum absolute atomic E-state index is 10.4. The minimum atomic E-state index is -1.34. The fourth-order valence-corrected chi connectivity index (χ4v) is 1.81. The fraction of sp³-hybridized carbons (Fsp3) is 0.917. The van der Waals surface area contributed by atoms with Crippen LogP contribution in [0.25, 0.3) is 10.4 Å². The molecule has 0 aromatic heterocycles. The molecule has 0 spiro atoms. The molecule has 3 N–H and O–H groups in total. The largest absolute Gasteiger partial charge is 0.550 e. The molecule has 104 valence electrons. The Hall–Kier alpha value is -1.26. The average molecular weight is 256 g/mol. The van der Waals surface area contributed by atoms with Crippen molar-refractivity contribution in [3.05, 3.63) is 10.4 Å². The highest BCUT2D eigenvalue weighted by Crippen LogP contribution is 2.21. The maximum atomic E-state index is 10.4. The molecule has 1 atom stereocenters. The van der Waals surface area contributed by atoms with Gasteiger partial charge >= 0.3 is 0 Å². The molecule has 18 heavy (non-hydrogen) atoms. The van der Waals surface area contributed by atoms with Crippen LogP contribution in [0.3, 0.4) is 0 Å². The zero-order chi connectivity index (χ0) is 14.2. The summed E-state index contributed by atoms with van der Waals surface area (Å²) in [5.41, 5.74) is 11.4. The van der Waals surface area contributed by atoms with Crippen LogP contribution in [0.15, 0.2) is 5.11 Å². The first-order valence-corrected chi connectivity index (χ1v) is 6.37. The number of carbonyl (C=O) groups is 1. The molecule has 0 aliphatic heterocycles. The van der Waals surface area contributed by atoms with E-state index in [1.807, 2.05) is 0 Å². The molecule has 0 unspecified atom stereocenters. The first-order valence-electron chi connectivity index (χ1n) is 6.37. The van der Waals surface area contributed by atoms with Crippen LogP contribution >= 0.6 is 0 Å². The van der Waals surface area contributed by atoms with Crippen molar-refractivity contribution in [2.75, 3.05) is 0 Å². The van der Waals surface area contributed by atoms with E-state index < -0.39 is 17.4 Å². The summed E-state index contributed by atoms with van der Waals surface area (Å²) in [7, 11) is 0. The molecule has 1 aliphatic rings. The van der Waals surface area contributed by atoms with Crippen molar-refractivity contribution in [1.82, 2.24) is 0 Å². The summed E-state index contributed by atoms with van der Waals surface area (Å²) in [6.07, 6.45) is 7.05. The van der Waals surface area contributed by atoms with Crippen LogP contribution in [0.1, 0.15) is 52.9 Å². The van der Waals surface area contributed by atoms with E-state index >= 15 is 0 Å². The lowest BCUT2D eigenvalue weighted by Gasteiger charge is -2.26. The van der Waals surface area contributed by atoms with Crippen molar-refractivity contribution in [3.8, 4) is 0 Å². The SMILES string of the molecule is CC(C)(C)[C@H](N=[N+]=[N-])C(=O)[O-].[NH3+]C1CCCCC1. The maximum Gasteiger partial charge on any atom is 0.0843 e. The second kappa shape index (κ2) is 7.95. The van der Waals surface area contributed by atoms with Gasteiger partial charge in [-0.2, -0.15) is 0 Å². The van der Waals surface area contributed by atoms with Gasteiger partial charge < -0.3 is 15.6 Å². The molecule has 1 rings (SSSR count). The number of hydrogen-bond acceptors (Lipinski definition) is 3. The molecule has 0 amide bonds. The summed E-state index contributed by atoms with van der Waals surface area (Å²) in [5, 5.41) is 13.5. The van der Waals surface area contributed by atoms with Crippen LogP contribution in [0.5, 0.6) is 0 Å². The summed E-state index contributed by atoms with van der Waals surface area (Å²) < 4.78 is 0. The third kappa shape index (κ3) is 7.14. The zero-order valence-corrected chi connectivity index (χ0v) is 11.6. The van der Waals surface area contributed by atoms with Crippen LogP contribution in [0, 0.1) is 5.41 Å². The molecule has 0 saturated heterocycles. The number of carboxylic acids is 1. The molecule has 0 aromatic carbocycles. The molecule has 6 nitrogen and oxygen atoms in total. The molecule has 0 radical (unpaired) electrons. The Labute approximate surface area is 108 Å². The lowest BCUT2D eigenvalue weighted by Crippen LogP contribution is -2.61. The summed E-state index contributed by atoms with van der Waals surface area (Å²) in [4.78, 5) is 12.8. The third-order valence-corrected chi connectivity index (χ3v) is 2.94. The average Bonchev–Trinajstić information content (AvgIpc) is 2.25. The quantitative estimate of drug-likeness (QED) is 0.451. The Morgan fingerprint density at radius 2 is 1.89 bits per heavy atom. The predicted molar refractivity (Wildman–Crippen MR) is 67.2 cm³/mol. The summed E-state index contributed by atoms with van der Waals surface area (Å²) in [6.45, 7) is 5.01. The van der Waals surface area contributed by atoms with Gasteiger partial charge in [0, 0.05) is 4.91 Å². The van der Waals surface area contributed by atoms with E-state index in [2.05, 4.69) is 15.8 Å². The molecule has 0 aromatic rings. The summed E-state index contributed by atoms with van der Waals surface area (Å²) >= 11 is 0. The Balaban J connectivity index is 0.000000351. The predicted octanol–water partition coefficient (Wildman–Crippen LogP) is 1.02. The van der Waals surface area contributed by atoms with Gasteiger partial charge in [-0.3, -0.25) is 0 Å². The molecular weight excluding hydrogens is 232 g/mol. The molecular formula is C12H24N4O2. The van der Waals surface area contributed by atoms with E-state index in [0.29, 0.717) is 0 Å². The smallest absolute Gasteiger partial charge is 0.0843 e. The van der Waals surface area contributed by atoms with E-state index in [1.165, 1.54) is 32.1 Å². The van der Waals surface area contributed by atoms with Crippen molar-refractivity contribution in [2.45, 2.75) is 65.0 Å². The number of carbonyl (C=O) groups excluding carboxylic acids is 1. The minimum Gasteiger partial charge on any atom is -0.550 e. The Morgan fingerprint density at radius 3 is 2.06 bits per heavy atom. The van der Waals surface area contributed by atoms with Crippen molar-refractivity contribution >= 4 is 5.97 Å². The molecule has 1 saturated carbocycles. The molecule has 1 aliphatic carbocycles. The lowest BCUT2D eigenvalue weighted by atomic mass is 9.87. The minimum absolute atomic E-state index is 0.592. The van der Waals surface area contributed by atoms with E-state index in [9.17, 15) is 9.90 Å². The normalized spacial score (nSPS) is 18.0. The van der Waals surface area contributed by atoms with Crippen LogP contribution in [-0.4, -0.2) is 18.1 Å². The first-order chi connectivity index (χ1) is 8.29. The van der Waals surface area contributed by atoms with E-state index in [0.717, 1.165) is 6.04 Å². The van der Waals surface area contributed by atoms with Gasteiger partial charge in [0.1, 0.15) is 0 Å². The van der Waals surface area contributed by atoms with Crippen molar-refractivity contribution < 1.29 is 15.6 Å². The molecule has 1 fully saturated rings. The second-order valence-electron chi connectivity index (χ2n) is 5.80. The number of nitrogens with zero attached hydrogens (tertiary/aromatic N) is 3. The highest BCUT2D eigenvalue weighted by atomic mass is 16.4. The number of azide groups is 1. The number of hydrogen-bond donors (Lipinski definition) is 1. The number of quaternary nitrogens is 1. The summed E-state index contributed by atoms with van der Waals surface area (Å²) in [6, 6.07) is -0.318. The first kappa shape index (κ1) is 16.7. The third-order valence-electron chi connectivity index (χ3n) is 2.94. The van der Waals surface area contributed by atoms with E-state index in [4.69, 9.17) is 5.53 Å². The van der Waals surface area contributed by atoms with Gasteiger partial charge in [0.2, 0.25) is 0 Å².